The van der Waals surface area contributed by atoms with Crippen LogP contribution in [0.15, 0.2) is 12.1 Å². The second-order valence-corrected chi connectivity index (χ2v) is 4.96. The van der Waals surface area contributed by atoms with Crippen LogP contribution in [0.3, 0.4) is 0 Å². The zero-order chi connectivity index (χ0) is 14.8. The molecule has 1 unspecified atom stereocenters. The van der Waals surface area contributed by atoms with Crippen LogP contribution in [-0.2, 0) is 10.9 Å². The van der Waals surface area contributed by atoms with E-state index in [9.17, 15) is 13.2 Å². The molecule has 1 aromatic rings. The molecule has 4 nitrogen and oxygen atoms in total. The van der Waals surface area contributed by atoms with Crippen LogP contribution in [-0.4, -0.2) is 23.7 Å². The average Bonchev–Trinajstić information content (AvgIpc) is 2.82. The maximum Gasteiger partial charge on any atom is 0.433 e. The molecule has 0 amide bonds. The molecule has 0 saturated carbocycles. The molecule has 0 radical (unpaired) electrons. The highest BCUT2D eigenvalue weighted by molar-refractivity contribution is 5.52. The van der Waals surface area contributed by atoms with E-state index in [2.05, 4.69) is 10.3 Å². The Morgan fingerprint density at radius 2 is 2.25 bits per heavy atom. The van der Waals surface area contributed by atoms with Gasteiger partial charge in [-0.05, 0) is 31.9 Å². The molecule has 0 bridgehead atoms. The molecular formula is C13H14F3N3O. The normalized spacial score (nSPS) is 22.6. The van der Waals surface area contributed by atoms with E-state index in [1.54, 1.807) is 0 Å². The van der Waals surface area contributed by atoms with Crippen molar-refractivity contribution in [3.05, 3.63) is 23.4 Å². The van der Waals surface area contributed by atoms with Crippen molar-refractivity contribution >= 4 is 5.82 Å². The van der Waals surface area contributed by atoms with Crippen molar-refractivity contribution in [1.82, 2.24) is 4.98 Å². The van der Waals surface area contributed by atoms with Crippen LogP contribution >= 0.6 is 0 Å². The van der Waals surface area contributed by atoms with E-state index in [4.69, 9.17) is 10.00 Å². The zero-order valence-corrected chi connectivity index (χ0v) is 10.9. The summed E-state index contributed by atoms with van der Waals surface area (Å²) in [6.07, 6.45) is -2.79. The molecule has 1 aliphatic heterocycles. The van der Waals surface area contributed by atoms with Crippen LogP contribution in [0.2, 0.25) is 0 Å². The third-order valence-electron chi connectivity index (χ3n) is 3.24. The number of rotatable bonds is 3. The standard InChI is InChI=1S/C13H14F3N3O/c1-12(5-2-6-20-12)8-18-11-9(7-17)3-4-10(19-11)13(14,15)16/h3-4H,2,5-6,8H2,1H3,(H,18,19). The Bertz CT molecular complexity index is 531. The lowest BCUT2D eigenvalue weighted by Crippen LogP contribution is -2.33. The summed E-state index contributed by atoms with van der Waals surface area (Å²) in [4.78, 5) is 3.49. The van der Waals surface area contributed by atoms with Gasteiger partial charge >= 0.3 is 6.18 Å². The number of hydrogen-bond donors (Lipinski definition) is 1. The number of halogens is 3. The van der Waals surface area contributed by atoms with Crippen LogP contribution in [0.25, 0.3) is 0 Å². The fourth-order valence-corrected chi connectivity index (χ4v) is 2.09. The van der Waals surface area contributed by atoms with E-state index in [1.165, 1.54) is 0 Å². The lowest BCUT2D eigenvalue weighted by atomic mass is 10.0. The van der Waals surface area contributed by atoms with Gasteiger partial charge in [0.05, 0.1) is 11.2 Å². The van der Waals surface area contributed by atoms with Crippen LogP contribution < -0.4 is 5.32 Å². The molecule has 1 aromatic heterocycles. The Balaban J connectivity index is 2.19. The van der Waals surface area contributed by atoms with Gasteiger partial charge in [-0.1, -0.05) is 0 Å². The lowest BCUT2D eigenvalue weighted by molar-refractivity contribution is -0.141. The van der Waals surface area contributed by atoms with Crippen molar-refractivity contribution in [2.45, 2.75) is 31.5 Å². The molecule has 1 saturated heterocycles. The van der Waals surface area contributed by atoms with Crippen molar-refractivity contribution in [2.75, 3.05) is 18.5 Å². The molecule has 0 aliphatic carbocycles. The minimum Gasteiger partial charge on any atom is -0.373 e. The highest BCUT2D eigenvalue weighted by Gasteiger charge is 2.34. The average molecular weight is 285 g/mol. The summed E-state index contributed by atoms with van der Waals surface area (Å²) in [5.74, 6) is -0.0564. The summed E-state index contributed by atoms with van der Waals surface area (Å²) in [6, 6.07) is 3.75. The summed E-state index contributed by atoms with van der Waals surface area (Å²) in [5, 5.41) is 11.7. The van der Waals surface area contributed by atoms with Gasteiger partial charge in [-0.2, -0.15) is 18.4 Å². The number of pyridine rings is 1. The molecule has 2 heterocycles. The van der Waals surface area contributed by atoms with Crippen LogP contribution in [0, 0.1) is 11.3 Å². The Hall–Kier alpha value is -1.81. The molecule has 1 atom stereocenters. The van der Waals surface area contributed by atoms with Gasteiger partial charge in [-0.15, -0.1) is 0 Å². The SMILES string of the molecule is CC1(CNc2nc(C(F)(F)F)ccc2C#N)CCCO1. The smallest absolute Gasteiger partial charge is 0.373 e. The van der Waals surface area contributed by atoms with Crippen molar-refractivity contribution < 1.29 is 17.9 Å². The Morgan fingerprint density at radius 1 is 1.50 bits per heavy atom. The summed E-state index contributed by atoms with van der Waals surface area (Å²) >= 11 is 0. The van der Waals surface area contributed by atoms with E-state index < -0.39 is 17.5 Å². The molecule has 7 heteroatoms. The van der Waals surface area contributed by atoms with Crippen LogP contribution in [0.4, 0.5) is 19.0 Å². The number of nitriles is 1. The first-order valence-electron chi connectivity index (χ1n) is 6.20. The lowest BCUT2D eigenvalue weighted by Gasteiger charge is -2.24. The first-order valence-corrected chi connectivity index (χ1v) is 6.20. The fourth-order valence-electron chi connectivity index (χ4n) is 2.09. The van der Waals surface area contributed by atoms with Gasteiger partial charge in [0.25, 0.3) is 0 Å². The molecule has 1 fully saturated rings. The number of hydrogen-bond acceptors (Lipinski definition) is 4. The Kier molecular flexibility index (Phi) is 3.86. The third-order valence-corrected chi connectivity index (χ3v) is 3.24. The fraction of sp³-hybridized carbons (Fsp3) is 0.538. The first kappa shape index (κ1) is 14.6. The number of aromatic nitrogens is 1. The van der Waals surface area contributed by atoms with E-state index in [-0.39, 0.29) is 11.4 Å². The van der Waals surface area contributed by atoms with Crippen LogP contribution in [0.1, 0.15) is 31.0 Å². The number of nitrogens with zero attached hydrogens (tertiary/aromatic N) is 2. The topological polar surface area (TPSA) is 57.9 Å². The van der Waals surface area contributed by atoms with Gasteiger partial charge in [0.2, 0.25) is 0 Å². The Morgan fingerprint density at radius 3 is 2.80 bits per heavy atom. The highest BCUT2D eigenvalue weighted by Crippen LogP contribution is 2.30. The molecule has 2 rings (SSSR count). The van der Waals surface area contributed by atoms with Gasteiger partial charge in [0, 0.05) is 13.2 Å². The molecular weight excluding hydrogens is 271 g/mol. The largest absolute Gasteiger partial charge is 0.433 e. The predicted molar refractivity (Wildman–Crippen MR) is 66.0 cm³/mol. The number of anilines is 1. The van der Waals surface area contributed by atoms with Gasteiger partial charge in [-0.3, -0.25) is 0 Å². The number of alkyl halides is 3. The molecule has 1 aliphatic rings. The molecule has 0 spiro atoms. The van der Waals surface area contributed by atoms with Crippen molar-refractivity contribution in [3.8, 4) is 6.07 Å². The number of ether oxygens (including phenoxy) is 1. The molecule has 0 aromatic carbocycles. The summed E-state index contributed by atoms with van der Waals surface area (Å²) in [6.45, 7) is 2.84. The van der Waals surface area contributed by atoms with Gasteiger partial charge in [-0.25, -0.2) is 4.98 Å². The minimum absolute atomic E-state index is 0.0564. The maximum atomic E-state index is 12.6. The molecule has 108 valence electrons. The van der Waals surface area contributed by atoms with Gasteiger partial charge in [0.1, 0.15) is 17.6 Å². The minimum atomic E-state index is -4.53. The monoisotopic (exact) mass is 285 g/mol. The summed E-state index contributed by atoms with van der Waals surface area (Å²) in [5.41, 5.74) is -1.36. The predicted octanol–water partition coefficient (Wildman–Crippen LogP) is 2.95. The second kappa shape index (κ2) is 5.29. The zero-order valence-electron chi connectivity index (χ0n) is 10.9. The van der Waals surface area contributed by atoms with Crippen molar-refractivity contribution in [3.63, 3.8) is 0 Å². The second-order valence-electron chi connectivity index (χ2n) is 4.96. The van der Waals surface area contributed by atoms with Crippen LogP contribution in [0.5, 0.6) is 0 Å². The highest BCUT2D eigenvalue weighted by atomic mass is 19.4. The molecule has 20 heavy (non-hydrogen) atoms. The van der Waals surface area contributed by atoms with E-state index in [0.29, 0.717) is 13.2 Å². The third kappa shape index (κ3) is 3.20. The summed E-state index contributed by atoms with van der Waals surface area (Å²) < 4.78 is 43.4. The number of nitrogens with one attached hydrogen (secondary N) is 1. The maximum absolute atomic E-state index is 12.6. The van der Waals surface area contributed by atoms with E-state index in [0.717, 1.165) is 25.0 Å². The summed E-state index contributed by atoms with van der Waals surface area (Å²) in [7, 11) is 0. The quantitative estimate of drug-likeness (QED) is 0.927. The van der Waals surface area contributed by atoms with Gasteiger partial charge in [0.15, 0.2) is 0 Å². The van der Waals surface area contributed by atoms with E-state index in [1.807, 2.05) is 13.0 Å². The Labute approximate surface area is 114 Å². The van der Waals surface area contributed by atoms with Gasteiger partial charge < -0.3 is 10.1 Å². The van der Waals surface area contributed by atoms with Crippen molar-refractivity contribution in [2.24, 2.45) is 0 Å². The first-order chi connectivity index (χ1) is 9.34. The van der Waals surface area contributed by atoms with Crippen molar-refractivity contribution in [1.29, 1.82) is 5.26 Å². The van der Waals surface area contributed by atoms with E-state index >= 15 is 0 Å². The molecule has 1 N–H and O–H groups in total.